The van der Waals surface area contributed by atoms with E-state index in [1.54, 1.807) is 20.0 Å². The number of hydrogen-bond donors (Lipinski definition) is 1. The zero-order valence-corrected chi connectivity index (χ0v) is 15.1. The van der Waals surface area contributed by atoms with Crippen molar-refractivity contribution in [3.05, 3.63) is 30.5 Å². The maximum absolute atomic E-state index is 12.6. The minimum Gasteiger partial charge on any atom is -0.489 e. The molecule has 2 rings (SSSR count). The minimum absolute atomic E-state index is 0.0528. The Morgan fingerprint density at radius 2 is 2.04 bits per heavy atom. The summed E-state index contributed by atoms with van der Waals surface area (Å²) < 4.78 is 11.5. The lowest BCUT2D eigenvalue weighted by atomic mass is 10.1. The SMILES string of the molecule is CCCOC(C)(C)C(=O)Nc1ccc(OC(C)C)c2ncccc12. The standard InChI is InChI=1S/C19H26N2O3/c1-6-12-23-19(4,5)18(22)21-15-9-10-16(24-13(2)3)17-14(15)8-7-11-20-17/h7-11,13H,6,12H2,1-5H3,(H,21,22). The number of benzene rings is 1. The van der Waals surface area contributed by atoms with Crippen molar-refractivity contribution in [2.45, 2.75) is 52.7 Å². The molecule has 0 aliphatic heterocycles. The van der Waals surface area contributed by atoms with Crippen molar-refractivity contribution in [1.29, 1.82) is 0 Å². The first-order valence-corrected chi connectivity index (χ1v) is 8.35. The van der Waals surface area contributed by atoms with Crippen LogP contribution in [0.1, 0.15) is 41.0 Å². The van der Waals surface area contributed by atoms with Gasteiger partial charge in [-0.2, -0.15) is 0 Å². The second-order valence-corrected chi connectivity index (χ2v) is 6.49. The van der Waals surface area contributed by atoms with E-state index in [2.05, 4.69) is 10.3 Å². The number of hydrogen-bond acceptors (Lipinski definition) is 4. The van der Waals surface area contributed by atoms with E-state index in [1.807, 2.05) is 45.0 Å². The number of rotatable bonds is 7. The smallest absolute Gasteiger partial charge is 0.256 e. The number of pyridine rings is 1. The summed E-state index contributed by atoms with van der Waals surface area (Å²) in [5.74, 6) is 0.527. The van der Waals surface area contributed by atoms with Gasteiger partial charge in [0.05, 0.1) is 11.8 Å². The molecule has 0 bridgehead atoms. The van der Waals surface area contributed by atoms with E-state index < -0.39 is 5.60 Å². The van der Waals surface area contributed by atoms with E-state index >= 15 is 0 Å². The Bertz CT molecular complexity index is 711. The van der Waals surface area contributed by atoms with Crippen LogP contribution in [0.5, 0.6) is 5.75 Å². The average molecular weight is 330 g/mol. The van der Waals surface area contributed by atoms with E-state index in [9.17, 15) is 4.79 Å². The predicted molar refractivity (Wildman–Crippen MR) is 96.5 cm³/mol. The van der Waals surface area contributed by atoms with Crippen molar-refractivity contribution in [1.82, 2.24) is 4.98 Å². The van der Waals surface area contributed by atoms with Crippen LogP contribution >= 0.6 is 0 Å². The highest BCUT2D eigenvalue weighted by Crippen LogP contribution is 2.31. The zero-order chi connectivity index (χ0) is 17.7. The molecule has 1 heterocycles. The van der Waals surface area contributed by atoms with Gasteiger partial charge in [0.1, 0.15) is 16.9 Å². The second kappa shape index (κ2) is 7.62. The summed E-state index contributed by atoms with van der Waals surface area (Å²) in [5, 5.41) is 3.80. The van der Waals surface area contributed by atoms with Crippen molar-refractivity contribution in [3.8, 4) is 5.75 Å². The predicted octanol–water partition coefficient (Wildman–Crippen LogP) is 4.17. The highest BCUT2D eigenvalue weighted by Gasteiger charge is 2.28. The normalized spacial score (nSPS) is 11.8. The second-order valence-electron chi connectivity index (χ2n) is 6.49. The summed E-state index contributed by atoms with van der Waals surface area (Å²) in [5.41, 5.74) is 0.543. The molecule has 0 atom stereocenters. The molecular weight excluding hydrogens is 304 g/mol. The number of carbonyl (C=O) groups excluding carboxylic acids is 1. The number of fused-ring (bicyclic) bond motifs is 1. The minimum atomic E-state index is -0.891. The number of carbonyl (C=O) groups is 1. The number of amides is 1. The zero-order valence-electron chi connectivity index (χ0n) is 15.1. The monoisotopic (exact) mass is 330 g/mol. The Hall–Kier alpha value is -2.14. The fraction of sp³-hybridized carbons (Fsp3) is 0.474. The van der Waals surface area contributed by atoms with E-state index in [1.165, 1.54) is 0 Å². The lowest BCUT2D eigenvalue weighted by molar-refractivity contribution is -0.137. The van der Waals surface area contributed by atoms with Crippen molar-refractivity contribution >= 4 is 22.5 Å². The van der Waals surface area contributed by atoms with Crippen LogP contribution in [0, 0.1) is 0 Å². The van der Waals surface area contributed by atoms with Gasteiger partial charge in [-0.05, 0) is 58.4 Å². The van der Waals surface area contributed by atoms with Gasteiger partial charge in [-0.25, -0.2) is 0 Å². The van der Waals surface area contributed by atoms with Crippen LogP contribution in [0.4, 0.5) is 5.69 Å². The van der Waals surface area contributed by atoms with E-state index in [0.29, 0.717) is 18.0 Å². The van der Waals surface area contributed by atoms with Crippen LogP contribution in [0.2, 0.25) is 0 Å². The highest BCUT2D eigenvalue weighted by molar-refractivity contribution is 6.05. The molecule has 1 N–H and O–H groups in total. The number of nitrogens with one attached hydrogen (secondary N) is 1. The number of ether oxygens (including phenoxy) is 2. The quantitative estimate of drug-likeness (QED) is 0.828. The third-order valence-electron chi connectivity index (χ3n) is 3.56. The fourth-order valence-electron chi connectivity index (χ4n) is 2.30. The summed E-state index contributed by atoms with van der Waals surface area (Å²) >= 11 is 0. The lowest BCUT2D eigenvalue weighted by Gasteiger charge is -2.24. The molecule has 0 aliphatic carbocycles. The van der Waals surface area contributed by atoms with Crippen LogP contribution in [-0.2, 0) is 9.53 Å². The number of anilines is 1. The first-order valence-electron chi connectivity index (χ1n) is 8.35. The molecule has 0 saturated carbocycles. The van der Waals surface area contributed by atoms with Gasteiger partial charge in [0, 0.05) is 18.2 Å². The molecule has 0 aliphatic rings. The molecule has 130 valence electrons. The fourth-order valence-corrected chi connectivity index (χ4v) is 2.30. The molecule has 0 spiro atoms. The van der Waals surface area contributed by atoms with Gasteiger partial charge in [-0.3, -0.25) is 9.78 Å². The van der Waals surface area contributed by atoms with Gasteiger partial charge in [0.2, 0.25) is 0 Å². The third kappa shape index (κ3) is 4.23. The van der Waals surface area contributed by atoms with Gasteiger partial charge in [0.25, 0.3) is 5.91 Å². The Balaban J connectivity index is 2.32. The maximum atomic E-state index is 12.6. The third-order valence-corrected chi connectivity index (χ3v) is 3.56. The van der Waals surface area contributed by atoms with Crippen LogP contribution in [-0.4, -0.2) is 29.2 Å². The summed E-state index contributed by atoms with van der Waals surface area (Å²) in [6, 6.07) is 7.45. The van der Waals surface area contributed by atoms with Gasteiger partial charge >= 0.3 is 0 Å². The summed E-state index contributed by atoms with van der Waals surface area (Å²) in [4.78, 5) is 17.0. The molecule has 0 radical (unpaired) electrons. The Morgan fingerprint density at radius 1 is 1.29 bits per heavy atom. The van der Waals surface area contributed by atoms with Crippen LogP contribution in [0.25, 0.3) is 10.9 Å². The number of aromatic nitrogens is 1. The van der Waals surface area contributed by atoms with E-state index in [-0.39, 0.29) is 12.0 Å². The van der Waals surface area contributed by atoms with Gasteiger partial charge in [-0.15, -0.1) is 0 Å². The van der Waals surface area contributed by atoms with Crippen LogP contribution < -0.4 is 10.1 Å². The van der Waals surface area contributed by atoms with Gasteiger partial charge < -0.3 is 14.8 Å². The molecule has 0 saturated heterocycles. The molecule has 0 fully saturated rings. The largest absolute Gasteiger partial charge is 0.489 e. The molecule has 0 unspecified atom stereocenters. The number of nitrogens with zero attached hydrogens (tertiary/aromatic N) is 1. The summed E-state index contributed by atoms with van der Waals surface area (Å²) in [6.45, 7) is 10.0. The topological polar surface area (TPSA) is 60.5 Å². The highest BCUT2D eigenvalue weighted by atomic mass is 16.5. The first kappa shape index (κ1) is 18.2. The molecule has 1 aromatic heterocycles. The molecule has 24 heavy (non-hydrogen) atoms. The molecule has 1 amide bonds. The molecule has 5 nitrogen and oxygen atoms in total. The summed E-state index contributed by atoms with van der Waals surface area (Å²) in [6.07, 6.45) is 2.64. The van der Waals surface area contributed by atoms with Gasteiger partial charge in [0.15, 0.2) is 0 Å². The lowest BCUT2D eigenvalue weighted by Crippen LogP contribution is -2.40. The maximum Gasteiger partial charge on any atom is 0.256 e. The molecule has 5 heteroatoms. The molecule has 1 aromatic carbocycles. The van der Waals surface area contributed by atoms with E-state index in [4.69, 9.17) is 9.47 Å². The first-order chi connectivity index (χ1) is 11.3. The Morgan fingerprint density at radius 3 is 2.71 bits per heavy atom. The summed E-state index contributed by atoms with van der Waals surface area (Å²) in [7, 11) is 0. The van der Waals surface area contributed by atoms with Crippen molar-refractivity contribution in [2.24, 2.45) is 0 Å². The Labute approximate surface area is 143 Å². The molecular formula is C19H26N2O3. The van der Waals surface area contributed by atoms with Crippen molar-refractivity contribution in [3.63, 3.8) is 0 Å². The average Bonchev–Trinajstić information content (AvgIpc) is 2.54. The Kier molecular flexibility index (Phi) is 5.78. The molecule has 2 aromatic rings. The van der Waals surface area contributed by atoms with Gasteiger partial charge in [-0.1, -0.05) is 6.92 Å². The van der Waals surface area contributed by atoms with Crippen molar-refractivity contribution < 1.29 is 14.3 Å². The van der Waals surface area contributed by atoms with Crippen LogP contribution in [0.3, 0.4) is 0 Å². The van der Waals surface area contributed by atoms with E-state index in [0.717, 1.165) is 17.3 Å². The van der Waals surface area contributed by atoms with Crippen molar-refractivity contribution in [2.75, 3.05) is 11.9 Å². The van der Waals surface area contributed by atoms with Crippen LogP contribution in [0.15, 0.2) is 30.5 Å².